The number of hydrogen-bond acceptors (Lipinski definition) is 9. The van der Waals surface area contributed by atoms with Crippen LogP contribution in [0.2, 0.25) is 5.02 Å². The molecule has 2 aromatic carbocycles. The number of piperazine rings is 1. The van der Waals surface area contributed by atoms with Crippen molar-refractivity contribution in [2.75, 3.05) is 49.6 Å². The van der Waals surface area contributed by atoms with Gasteiger partial charge in [0.2, 0.25) is 11.7 Å². The van der Waals surface area contributed by atoms with Gasteiger partial charge in [-0.15, -0.1) is 5.10 Å². The topological polar surface area (TPSA) is 147 Å². The fourth-order valence-electron chi connectivity index (χ4n) is 6.75. The molecule has 5 heterocycles. The number of nitrogens with zero attached hydrogens (tertiary/aromatic N) is 7. The minimum atomic E-state index is -4.61. The quantitative estimate of drug-likeness (QED) is 0.232. The number of hydrogen-bond donors (Lipinski definition) is 2. The van der Waals surface area contributed by atoms with Crippen molar-refractivity contribution in [3.05, 3.63) is 92.3 Å². The molecule has 2 N–H and O–H groups in total. The standard InChI is InChI=1S/C36H34ClF3N8O5/c1-3-27-30(45-12-14-46(15-13-45)33(51)29-23-6-4-5-7-25(23)41-20(2)31(29)50)34(52)48-35(43-32(44-48)21-10-16-53-17-11-21)47(27)19-28(49)42-26-9-8-22(18-24(26)37)36(38,39)40/h4-10,18,50H,3,11-17,19H2,1-2H3,(H,42,49). The summed E-state index contributed by atoms with van der Waals surface area (Å²) in [6.45, 7) is 4.83. The molecule has 2 aliphatic rings. The van der Waals surface area contributed by atoms with Crippen molar-refractivity contribution in [2.24, 2.45) is 0 Å². The SMILES string of the molecule is CCc1c(N2CCN(C(=O)c3c(O)c(C)nc4ccccc34)CC2)c(=O)n2nc(C3=CCOCC3)nc2n1CC(=O)Nc1ccc(C(F)(F)F)cc1Cl. The Hall–Kier alpha value is -5.48. The van der Waals surface area contributed by atoms with Crippen molar-refractivity contribution < 1.29 is 32.6 Å². The lowest BCUT2D eigenvalue weighted by molar-refractivity contribution is -0.137. The average Bonchev–Trinajstić information content (AvgIpc) is 3.60. The van der Waals surface area contributed by atoms with Crippen LogP contribution in [0, 0.1) is 6.92 Å². The van der Waals surface area contributed by atoms with Gasteiger partial charge in [0.1, 0.15) is 18.0 Å². The van der Waals surface area contributed by atoms with Gasteiger partial charge in [0.05, 0.1) is 52.0 Å². The summed E-state index contributed by atoms with van der Waals surface area (Å²) >= 11 is 6.13. The Labute approximate surface area is 305 Å². The highest BCUT2D eigenvalue weighted by Crippen LogP contribution is 2.34. The molecule has 17 heteroatoms. The number of aromatic nitrogens is 5. The Morgan fingerprint density at radius 1 is 1.08 bits per heavy atom. The molecule has 0 unspecified atom stereocenters. The first kappa shape index (κ1) is 35.9. The number of nitrogens with one attached hydrogen (secondary N) is 1. The van der Waals surface area contributed by atoms with Crippen molar-refractivity contribution >= 4 is 57.0 Å². The number of fused-ring (bicyclic) bond motifs is 2. The van der Waals surface area contributed by atoms with Crippen LogP contribution in [0.1, 0.15) is 46.5 Å². The number of benzene rings is 2. The number of rotatable bonds is 7. The molecule has 0 saturated carbocycles. The number of ether oxygens (including phenoxy) is 1. The molecule has 1 fully saturated rings. The molecule has 0 radical (unpaired) electrons. The Kier molecular flexibility index (Phi) is 9.59. The fourth-order valence-corrected chi connectivity index (χ4v) is 6.98. The largest absolute Gasteiger partial charge is 0.505 e. The van der Waals surface area contributed by atoms with E-state index in [0.29, 0.717) is 54.2 Å². The number of halogens is 4. The second-order valence-electron chi connectivity index (χ2n) is 12.7. The van der Waals surface area contributed by atoms with Crippen molar-refractivity contribution in [3.63, 3.8) is 0 Å². The van der Waals surface area contributed by atoms with E-state index in [-0.39, 0.29) is 72.1 Å². The molecule has 0 aliphatic carbocycles. The van der Waals surface area contributed by atoms with E-state index >= 15 is 0 Å². The van der Waals surface area contributed by atoms with E-state index in [0.717, 1.165) is 28.3 Å². The van der Waals surface area contributed by atoms with Crippen LogP contribution in [0.15, 0.2) is 53.3 Å². The first-order chi connectivity index (χ1) is 25.3. The third-order valence-corrected chi connectivity index (χ3v) is 9.73. The first-order valence-electron chi connectivity index (χ1n) is 16.9. The van der Waals surface area contributed by atoms with E-state index in [4.69, 9.17) is 16.3 Å². The summed E-state index contributed by atoms with van der Waals surface area (Å²) in [5.41, 5.74) is 1.18. The second kappa shape index (κ2) is 14.2. The number of aryl methyl sites for hydroxylation is 1. The van der Waals surface area contributed by atoms with Crippen LogP contribution in [0.4, 0.5) is 24.5 Å². The summed E-state index contributed by atoms with van der Waals surface area (Å²) < 4.78 is 47.8. The number of aromatic hydroxyl groups is 1. The molecule has 2 aliphatic heterocycles. The molecular formula is C36H34ClF3N8O5. The predicted octanol–water partition coefficient (Wildman–Crippen LogP) is 5.09. The molecule has 5 aromatic rings. The molecule has 276 valence electrons. The van der Waals surface area contributed by atoms with Crippen molar-refractivity contribution in [3.8, 4) is 5.75 Å². The van der Waals surface area contributed by atoms with Gasteiger partial charge in [-0.25, -0.2) is 4.98 Å². The van der Waals surface area contributed by atoms with E-state index < -0.39 is 23.2 Å². The number of carbonyl (C=O) groups is 2. The summed E-state index contributed by atoms with van der Waals surface area (Å²) in [4.78, 5) is 54.2. The van der Waals surface area contributed by atoms with Gasteiger partial charge in [0.25, 0.3) is 11.5 Å². The van der Waals surface area contributed by atoms with Gasteiger partial charge in [-0.2, -0.15) is 22.7 Å². The zero-order chi connectivity index (χ0) is 37.6. The normalized spacial score (nSPS) is 15.2. The van der Waals surface area contributed by atoms with Gasteiger partial charge in [0.15, 0.2) is 5.82 Å². The number of alkyl halides is 3. The maximum atomic E-state index is 14.3. The van der Waals surface area contributed by atoms with Crippen LogP contribution in [-0.2, 0) is 28.7 Å². The van der Waals surface area contributed by atoms with E-state index in [1.54, 1.807) is 40.7 Å². The molecule has 2 amide bonds. The monoisotopic (exact) mass is 750 g/mol. The van der Waals surface area contributed by atoms with Crippen LogP contribution in [-0.4, -0.2) is 85.4 Å². The number of amides is 2. The lowest BCUT2D eigenvalue weighted by Gasteiger charge is -2.37. The van der Waals surface area contributed by atoms with Crippen LogP contribution < -0.4 is 15.8 Å². The highest BCUT2D eigenvalue weighted by Gasteiger charge is 2.33. The summed E-state index contributed by atoms with van der Waals surface area (Å²) in [6.07, 6.45) is -1.97. The van der Waals surface area contributed by atoms with Gasteiger partial charge in [-0.05, 0) is 49.6 Å². The van der Waals surface area contributed by atoms with Crippen LogP contribution in [0.3, 0.4) is 0 Å². The van der Waals surface area contributed by atoms with E-state index in [1.807, 2.05) is 17.9 Å². The van der Waals surface area contributed by atoms with Gasteiger partial charge < -0.3 is 29.5 Å². The number of anilines is 2. The summed E-state index contributed by atoms with van der Waals surface area (Å²) in [5.74, 6) is -0.759. The maximum Gasteiger partial charge on any atom is 0.416 e. The lowest BCUT2D eigenvalue weighted by atomic mass is 10.0. The van der Waals surface area contributed by atoms with Gasteiger partial charge >= 0.3 is 6.18 Å². The predicted molar refractivity (Wildman–Crippen MR) is 191 cm³/mol. The third-order valence-electron chi connectivity index (χ3n) is 9.42. The number of carbonyl (C=O) groups excluding carboxylic acids is 2. The average molecular weight is 751 g/mol. The Bertz CT molecular complexity index is 2370. The fraction of sp³-hybridized carbons (Fsp3) is 0.333. The van der Waals surface area contributed by atoms with Gasteiger partial charge in [-0.1, -0.05) is 42.8 Å². The van der Waals surface area contributed by atoms with Crippen LogP contribution in [0.5, 0.6) is 5.75 Å². The molecular weight excluding hydrogens is 717 g/mol. The van der Waals surface area contributed by atoms with E-state index in [2.05, 4.69) is 20.4 Å². The molecule has 3 aromatic heterocycles. The molecule has 53 heavy (non-hydrogen) atoms. The Morgan fingerprint density at radius 3 is 2.51 bits per heavy atom. The summed E-state index contributed by atoms with van der Waals surface area (Å²) in [5, 5.41) is 18.3. The summed E-state index contributed by atoms with van der Waals surface area (Å²) in [7, 11) is 0. The van der Waals surface area contributed by atoms with Crippen molar-refractivity contribution in [1.29, 1.82) is 0 Å². The summed E-state index contributed by atoms with van der Waals surface area (Å²) in [6, 6.07) is 9.73. The zero-order valence-electron chi connectivity index (χ0n) is 28.7. The molecule has 7 rings (SSSR count). The second-order valence-corrected chi connectivity index (χ2v) is 13.1. The minimum Gasteiger partial charge on any atom is -0.505 e. The minimum absolute atomic E-state index is 0.0153. The van der Waals surface area contributed by atoms with Crippen molar-refractivity contribution in [2.45, 2.75) is 39.4 Å². The van der Waals surface area contributed by atoms with Gasteiger partial charge in [0, 0.05) is 31.6 Å². The maximum absolute atomic E-state index is 14.3. The Balaban J connectivity index is 1.23. The molecule has 1 saturated heterocycles. The van der Waals surface area contributed by atoms with E-state index in [9.17, 15) is 32.7 Å². The Morgan fingerprint density at radius 2 is 1.83 bits per heavy atom. The van der Waals surface area contributed by atoms with E-state index in [1.165, 1.54) is 0 Å². The highest BCUT2D eigenvalue weighted by atomic mass is 35.5. The molecule has 13 nitrogen and oxygen atoms in total. The smallest absolute Gasteiger partial charge is 0.416 e. The molecule has 0 bridgehead atoms. The van der Waals surface area contributed by atoms with Crippen molar-refractivity contribution in [1.82, 2.24) is 29.0 Å². The first-order valence-corrected chi connectivity index (χ1v) is 17.3. The highest BCUT2D eigenvalue weighted by molar-refractivity contribution is 6.33. The molecule has 0 spiro atoms. The molecule has 0 atom stereocenters. The number of pyridine rings is 1. The number of para-hydroxylation sites is 1. The lowest BCUT2D eigenvalue weighted by Crippen LogP contribution is -2.51. The van der Waals surface area contributed by atoms with Crippen LogP contribution >= 0.6 is 11.6 Å². The van der Waals surface area contributed by atoms with Gasteiger partial charge in [-0.3, -0.25) is 14.4 Å². The zero-order valence-corrected chi connectivity index (χ0v) is 29.5. The third kappa shape index (κ3) is 6.79. The van der Waals surface area contributed by atoms with Crippen LogP contribution in [0.25, 0.3) is 22.3 Å².